The molecule has 1 atom stereocenters. The molecule has 1 N–H and O–H groups in total. The molecule has 1 aliphatic heterocycles. The second-order valence-corrected chi connectivity index (χ2v) is 9.58. The van der Waals surface area contributed by atoms with Gasteiger partial charge in [0.1, 0.15) is 11.5 Å². The zero-order chi connectivity index (χ0) is 22.9. The molecule has 4 rings (SSSR count). The highest BCUT2D eigenvalue weighted by molar-refractivity contribution is 7.92. The Labute approximate surface area is 191 Å². The number of hydrogen-bond donors (Lipinski definition) is 1. The average Bonchev–Trinajstić information content (AvgIpc) is 2.79. The van der Waals surface area contributed by atoms with Crippen molar-refractivity contribution in [2.24, 2.45) is 0 Å². The molecule has 0 fully saturated rings. The van der Waals surface area contributed by atoms with Crippen molar-refractivity contribution in [1.29, 1.82) is 0 Å². The van der Waals surface area contributed by atoms with Crippen LogP contribution < -0.4 is 19.1 Å². The van der Waals surface area contributed by atoms with Gasteiger partial charge in [-0.3, -0.25) is 9.10 Å². The highest BCUT2D eigenvalue weighted by atomic mass is 35.5. The van der Waals surface area contributed by atoms with Crippen LogP contribution in [0.5, 0.6) is 11.5 Å². The summed E-state index contributed by atoms with van der Waals surface area (Å²) in [6.45, 7) is 1.67. The van der Waals surface area contributed by atoms with Gasteiger partial charge < -0.3 is 14.8 Å². The number of amides is 1. The Hall–Kier alpha value is -3.23. The van der Waals surface area contributed by atoms with Crippen molar-refractivity contribution in [2.45, 2.75) is 17.9 Å². The molecular weight excluding hydrogens is 452 g/mol. The summed E-state index contributed by atoms with van der Waals surface area (Å²) >= 11 is 6.12. The van der Waals surface area contributed by atoms with Crippen molar-refractivity contribution in [2.75, 3.05) is 23.3 Å². The van der Waals surface area contributed by atoms with Crippen LogP contribution in [0.2, 0.25) is 5.02 Å². The van der Waals surface area contributed by atoms with E-state index in [9.17, 15) is 13.2 Å². The largest absolute Gasteiger partial charge is 0.497 e. The van der Waals surface area contributed by atoms with Gasteiger partial charge in [-0.05, 0) is 61.5 Å². The zero-order valence-corrected chi connectivity index (χ0v) is 19.0. The van der Waals surface area contributed by atoms with E-state index in [0.717, 1.165) is 5.56 Å². The van der Waals surface area contributed by atoms with E-state index >= 15 is 0 Å². The van der Waals surface area contributed by atoms with E-state index in [1.807, 2.05) is 6.92 Å². The molecule has 7 nitrogen and oxygen atoms in total. The van der Waals surface area contributed by atoms with Gasteiger partial charge in [0.2, 0.25) is 0 Å². The maximum absolute atomic E-state index is 13.5. The minimum absolute atomic E-state index is 0.116. The molecule has 0 saturated carbocycles. The van der Waals surface area contributed by atoms with Crippen LogP contribution in [0.4, 0.5) is 11.4 Å². The molecule has 0 aliphatic carbocycles. The molecule has 1 amide bonds. The van der Waals surface area contributed by atoms with Crippen LogP contribution in [0.3, 0.4) is 0 Å². The van der Waals surface area contributed by atoms with Gasteiger partial charge in [-0.2, -0.15) is 0 Å². The summed E-state index contributed by atoms with van der Waals surface area (Å²) in [5.74, 6) is 0.434. The van der Waals surface area contributed by atoms with Gasteiger partial charge in [0.05, 0.1) is 24.2 Å². The Bertz CT molecular complexity index is 1240. The minimum Gasteiger partial charge on any atom is -0.497 e. The number of nitrogens with zero attached hydrogens (tertiary/aromatic N) is 1. The number of fused-ring (bicyclic) bond motifs is 1. The number of halogens is 1. The normalized spacial score (nSPS) is 15.5. The van der Waals surface area contributed by atoms with Gasteiger partial charge in [0, 0.05) is 10.7 Å². The molecule has 0 unspecified atom stereocenters. The Kier molecular flexibility index (Phi) is 5.99. The number of benzene rings is 3. The van der Waals surface area contributed by atoms with E-state index in [1.54, 1.807) is 55.6 Å². The Morgan fingerprint density at radius 2 is 1.78 bits per heavy atom. The maximum atomic E-state index is 13.5. The number of methoxy groups -OCH3 is 1. The lowest BCUT2D eigenvalue weighted by Gasteiger charge is -2.34. The van der Waals surface area contributed by atoms with E-state index < -0.39 is 22.0 Å². The summed E-state index contributed by atoms with van der Waals surface area (Å²) in [7, 11) is -2.41. The van der Waals surface area contributed by atoms with E-state index in [4.69, 9.17) is 21.1 Å². The number of aryl methyl sites for hydroxylation is 1. The number of sulfonamides is 1. The molecular formula is C23H21ClN2O5S. The molecule has 166 valence electrons. The summed E-state index contributed by atoms with van der Waals surface area (Å²) in [5.41, 5.74) is 1.76. The average molecular weight is 473 g/mol. The Morgan fingerprint density at radius 1 is 1.09 bits per heavy atom. The highest BCUT2D eigenvalue weighted by Gasteiger charge is 2.37. The van der Waals surface area contributed by atoms with Crippen LogP contribution in [-0.2, 0) is 14.8 Å². The number of nitrogens with one attached hydrogen (secondary N) is 1. The number of carbonyl (C=O) groups is 1. The van der Waals surface area contributed by atoms with Crippen LogP contribution in [-0.4, -0.2) is 34.1 Å². The predicted molar refractivity (Wildman–Crippen MR) is 123 cm³/mol. The van der Waals surface area contributed by atoms with Gasteiger partial charge in [0.15, 0.2) is 6.10 Å². The molecule has 1 heterocycles. The molecule has 0 aromatic heterocycles. The monoisotopic (exact) mass is 472 g/mol. The summed E-state index contributed by atoms with van der Waals surface area (Å²) in [6.07, 6.45) is -1.06. The SMILES string of the molecule is COc1ccc(NC(=O)[C@@H]2CN(S(=O)(=O)c3ccc(C)cc3)c3cc(Cl)ccc3O2)cc1. The first-order valence-electron chi connectivity index (χ1n) is 9.78. The first-order valence-corrected chi connectivity index (χ1v) is 11.6. The van der Waals surface area contributed by atoms with Crippen molar-refractivity contribution < 1.29 is 22.7 Å². The van der Waals surface area contributed by atoms with Crippen molar-refractivity contribution >= 4 is 38.9 Å². The number of ether oxygens (including phenoxy) is 2. The third-order valence-electron chi connectivity index (χ3n) is 5.05. The first-order chi connectivity index (χ1) is 15.3. The lowest BCUT2D eigenvalue weighted by molar-refractivity contribution is -0.122. The molecule has 0 bridgehead atoms. The molecule has 32 heavy (non-hydrogen) atoms. The van der Waals surface area contributed by atoms with Crippen LogP contribution in [0.15, 0.2) is 71.6 Å². The summed E-state index contributed by atoms with van der Waals surface area (Å²) in [4.78, 5) is 13.1. The third-order valence-corrected chi connectivity index (χ3v) is 7.08. The predicted octanol–water partition coefficient (Wildman–Crippen LogP) is 4.25. The van der Waals surface area contributed by atoms with E-state index in [2.05, 4.69) is 5.32 Å². The third kappa shape index (κ3) is 4.37. The maximum Gasteiger partial charge on any atom is 0.267 e. The second-order valence-electron chi connectivity index (χ2n) is 7.29. The van der Waals surface area contributed by atoms with Crippen LogP contribution in [0.25, 0.3) is 0 Å². The first kappa shape index (κ1) is 22.0. The lowest BCUT2D eigenvalue weighted by atomic mass is 10.2. The van der Waals surface area contributed by atoms with Gasteiger partial charge >= 0.3 is 0 Å². The fourth-order valence-corrected chi connectivity index (χ4v) is 4.96. The molecule has 1 aliphatic rings. The zero-order valence-electron chi connectivity index (χ0n) is 17.4. The van der Waals surface area contributed by atoms with Crippen molar-refractivity contribution in [3.63, 3.8) is 0 Å². The van der Waals surface area contributed by atoms with Crippen molar-refractivity contribution in [1.82, 2.24) is 0 Å². The number of rotatable bonds is 5. The number of hydrogen-bond acceptors (Lipinski definition) is 5. The summed E-state index contributed by atoms with van der Waals surface area (Å²) in [6, 6.07) is 18.0. The van der Waals surface area contributed by atoms with E-state index in [1.165, 1.54) is 22.5 Å². The fraction of sp³-hybridized carbons (Fsp3) is 0.174. The fourth-order valence-electron chi connectivity index (χ4n) is 3.32. The standard InChI is InChI=1S/C23H21ClN2O5S/c1-15-3-10-19(11-4-15)32(28,29)26-14-22(31-21-12-5-16(24)13-20(21)26)23(27)25-17-6-8-18(30-2)9-7-17/h3-13,22H,14H2,1-2H3,(H,25,27)/t22-/m0/s1. The Morgan fingerprint density at radius 3 is 2.44 bits per heavy atom. The topological polar surface area (TPSA) is 84.9 Å². The van der Waals surface area contributed by atoms with Gasteiger partial charge in [-0.15, -0.1) is 0 Å². The Balaban J connectivity index is 1.66. The lowest BCUT2D eigenvalue weighted by Crippen LogP contribution is -2.48. The molecule has 0 spiro atoms. The number of carbonyl (C=O) groups excluding carboxylic acids is 1. The molecule has 9 heteroatoms. The minimum atomic E-state index is -3.96. The van der Waals surface area contributed by atoms with Crippen LogP contribution in [0, 0.1) is 6.92 Å². The summed E-state index contributed by atoms with van der Waals surface area (Å²) < 4.78 is 39.0. The van der Waals surface area contributed by atoms with E-state index in [-0.39, 0.29) is 22.9 Å². The molecule has 0 saturated heterocycles. The van der Waals surface area contributed by atoms with Gasteiger partial charge in [-0.1, -0.05) is 29.3 Å². The van der Waals surface area contributed by atoms with Crippen LogP contribution in [0.1, 0.15) is 5.56 Å². The smallest absolute Gasteiger partial charge is 0.267 e. The molecule has 3 aromatic rings. The second kappa shape index (κ2) is 8.72. The van der Waals surface area contributed by atoms with Crippen molar-refractivity contribution in [3.05, 3.63) is 77.3 Å². The van der Waals surface area contributed by atoms with E-state index in [0.29, 0.717) is 16.5 Å². The van der Waals surface area contributed by atoms with Gasteiger partial charge in [-0.25, -0.2) is 8.42 Å². The van der Waals surface area contributed by atoms with Crippen molar-refractivity contribution in [3.8, 4) is 11.5 Å². The quantitative estimate of drug-likeness (QED) is 0.600. The molecule has 3 aromatic carbocycles. The number of anilines is 2. The molecule has 0 radical (unpaired) electrons. The van der Waals surface area contributed by atoms with Gasteiger partial charge in [0.25, 0.3) is 15.9 Å². The highest BCUT2D eigenvalue weighted by Crippen LogP contribution is 2.39. The van der Waals surface area contributed by atoms with Crippen LogP contribution >= 0.6 is 11.6 Å². The summed E-state index contributed by atoms with van der Waals surface area (Å²) in [5, 5.41) is 3.12.